The van der Waals surface area contributed by atoms with Gasteiger partial charge < -0.3 is 17.0 Å². The molecule has 0 saturated carbocycles. The molecule has 80 valence electrons. The molecule has 2 nitrogen and oxygen atoms in total. The molecule has 0 aliphatic heterocycles. The summed E-state index contributed by atoms with van der Waals surface area (Å²) in [7, 11) is 0. The van der Waals surface area contributed by atoms with Gasteiger partial charge >= 0.3 is 5.82 Å². The van der Waals surface area contributed by atoms with Crippen molar-refractivity contribution in [3.8, 4) is 5.82 Å². The summed E-state index contributed by atoms with van der Waals surface area (Å²) in [6.07, 6.45) is 1.83. The number of thiazole rings is 1. The highest BCUT2D eigenvalue weighted by molar-refractivity contribution is 7.11. The van der Waals surface area contributed by atoms with Crippen molar-refractivity contribution < 1.29 is 21.5 Å². The predicted octanol–water partition coefficient (Wildman–Crippen LogP) is -0.651. The summed E-state index contributed by atoms with van der Waals surface area (Å²) in [5, 5.41) is 1.28. The van der Waals surface area contributed by atoms with E-state index in [4.69, 9.17) is 0 Å². The van der Waals surface area contributed by atoms with Crippen LogP contribution in [-0.2, 0) is 0 Å². The van der Waals surface area contributed by atoms with Crippen LogP contribution in [0.3, 0.4) is 0 Å². The molecule has 0 saturated heterocycles. The lowest BCUT2D eigenvalue weighted by atomic mass is 10.4. The quantitative estimate of drug-likeness (QED) is 0.636. The number of halogens is 1. The van der Waals surface area contributed by atoms with Gasteiger partial charge in [0.2, 0.25) is 0 Å². The van der Waals surface area contributed by atoms with Gasteiger partial charge in [-0.05, 0) is 24.9 Å². The summed E-state index contributed by atoms with van der Waals surface area (Å²) in [5.74, 6) is 1.01. The first-order chi connectivity index (χ1) is 6.70. The molecule has 0 amide bonds. The first kappa shape index (κ1) is 12.3. The number of nitrogens with zero attached hydrogens (tertiary/aromatic N) is 2. The molecule has 0 unspecified atom stereocenters. The molecule has 2 aromatic rings. The van der Waals surface area contributed by atoms with E-state index in [2.05, 4.69) is 30.3 Å². The Morgan fingerprint density at radius 1 is 1.20 bits per heavy atom. The largest absolute Gasteiger partial charge is 1.00 e. The van der Waals surface area contributed by atoms with E-state index in [9.17, 15) is 0 Å². The summed E-state index contributed by atoms with van der Waals surface area (Å²) in [4.78, 5) is 5.71. The van der Waals surface area contributed by atoms with Crippen molar-refractivity contribution in [2.24, 2.45) is 0 Å². The molecule has 0 aromatic carbocycles. The molecule has 2 aromatic heterocycles. The van der Waals surface area contributed by atoms with Crippen molar-refractivity contribution >= 4 is 11.3 Å². The van der Waals surface area contributed by atoms with Gasteiger partial charge in [-0.2, -0.15) is 4.57 Å². The maximum absolute atomic E-state index is 4.35. The Hall–Kier alpha value is -0.740. The molecule has 0 atom stereocenters. The SMILES string of the molecule is Cc1sc(C)[n+](-c2ccccn2)c1C.[Br-]. The van der Waals surface area contributed by atoms with E-state index in [0.29, 0.717) is 0 Å². The van der Waals surface area contributed by atoms with Crippen molar-refractivity contribution in [3.05, 3.63) is 40.0 Å². The minimum Gasteiger partial charge on any atom is -1.00 e. The van der Waals surface area contributed by atoms with E-state index in [1.165, 1.54) is 15.6 Å². The average Bonchev–Trinajstić information content (AvgIpc) is 2.43. The van der Waals surface area contributed by atoms with Gasteiger partial charge in [0, 0.05) is 17.9 Å². The van der Waals surface area contributed by atoms with E-state index in [1.807, 2.05) is 35.7 Å². The Kier molecular flexibility index (Phi) is 3.99. The summed E-state index contributed by atoms with van der Waals surface area (Å²) in [5.41, 5.74) is 1.28. The van der Waals surface area contributed by atoms with Gasteiger partial charge in [0.05, 0.1) is 0 Å². The number of hydrogen-bond acceptors (Lipinski definition) is 2. The Morgan fingerprint density at radius 3 is 2.40 bits per heavy atom. The number of pyridine rings is 1. The summed E-state index contributed by atoms with van der Waals surface area (Å²) >= 11 is 1.81. The van der Waals surface area contributed by atoms with Gasteiger partial charge in [-0.3, -0.25) is 0 Å². The van der Waals surface area contributed by atoms with E-state index in [-0.39, 0.29) is 17.0 Å². The second-order valence-electron chi connectivity index (χ2n) is 3.29. The molecule has 0 spiro atoms. The van der Waals surface area contributed by atoms with E-state index >= 15 is 0 Å². The minimum absolute atomic E-state index is 0. The Balaban J connectivity index is 0.00000112. The van der Waals surface area contributed by atoms with Gasteiger partial charge in [-0.1, -0.05) is 17.4 Å². The third kappa shape index (κ3) is 2.26. The fraction of sp³-hybridized carbons (Fsp3) is 0.273. The van der Waals surface area contributed by atoms with Crippen molar-refractivity contribution in [2.45, 2.75) is 20.8 Å². The predicted molar refractivity (Wildman–Crippen MR) is 57.9 cm³/mol. The van der Waals surface area contributed by atoms with Gasteiger partial charge in [-0.25, -0.2) is 0 Å². The number of aromatic nitrogens is 2. The summed E-state index contributed by atoms with van der Waals surface area (Å²) in [6.45, 7) is 6.40. The smallest absolute Gasteiger partial charge is 0.328 e. The van der Waals surface area contributed by atoms with Gasteiger partial charge in [0.25, 0.3) is 0 Å². The van der Waals surface area contributed by atoms with Crippen LogP contribution in [0.25, 0.3) is 5.82 Å². The second-order valence-corrected chi connectivity index (χ2v) is 4.69. The first-order valence-electron chi connectivity index (χ1n) is 4.60. The molecule has 15 heavy (non-hydrogen) atoms. The zero-order valence-electron chi connectivity index (χ0n) is 8.99. The Labute approximate surface area is 104 Å². The lowest BCUT2D eigenvalue weighted by Crippen LogP contribution is -3.00. The van der Waals surface area contributed by atoms with Crippen molar-refractivity contribution in [2.75, 3.05) is 0 Å². The molecule has 0 radical (unpaired) electrons. The van der Waals surface area contributed by atoms with Crippen molar-refractivity contribution in [1.82, 2.24) is 4.98 Å². The van der Waals surface area contributed by atoms with Crippen LogP contribution < -0.4 is 21.5 Å². The molecule has 0 fully saturated rings. The zero-order chi connectivity index (χ0) is 10.1. The molecule has 4 heteroatoms. The molecular formula is C11H13BrN2S. The molecule has 0 aliphatic rings. The highest BCUT2D eigenvalue weighted by Gasteiger charge is 2.17. The molecule has 0 N–H and O–H groups in total. The van der Waals surface area contributed by atoms with Crippen LogP contribution in [0.15, 0.2) is 24.4 Å². The third-order valence-corrected chi connectivity index (χ3v) is 3.42. The topological polar surface area (TPSA) is 16.8 Å². The molecule has 0 bridgehead atoms. The van der Waals surface area contributed by atoms with Crippen molar-refractivity contribution in [1.29, 1.82) is 0 Å². The van der Waals surface area contributed by atoms with Crippen LogP contribution in [-0.4, -0.2) is 4.98 Å². The van der Waals surface area contributed by atoms with Gasteiger partial charge in [0.1, 0.15) is 11.9 Å². The molecule has 0 aliphatic carbocycles. The maximum Gasteiger partial charge on any atom is 0.328 e. The number of rotatable bonds is 1. The van der Waals surface area contributed by atoms with Crippen LogP contribution >= 0.6 is 11.3 Å². The van der Waals surface area contributed by atoms with Crippen LogP contribution in [0.2, 0.25) is 0 Å². The monoisotopic (exact) mass is 284 g/mol. The van der Waals surface area contributed by atoms with Gasteiger partial charge in [0.15, 0.2) is 5.01 Å². The second kappa shape index (κ2) is 4.86. The Bertz CT molecular complexity index is 451. The summed E-state index contributed by atoms with van der Waals surface area (Å²) < 4.78 is 2.19. The lowest BCUT2D eigenvalue weighted by Gasteiger charge is -1.95. The normalized spacial score (nSPS) is 9.80. The van der Waals surface area contributed by atoms with Crippen molar-refractivity contribution in [3.63, 3.8) is 0 Å². The zero-order valence-corrected chi connectivity index (χ0v) is 11.4. The van der Waals surface area contributed by atoms with Crippen LogP contribution in [0.5, 0.6) is 0 Å². The number of hydrogen-bond donors (Lipinski definition) is 0. The van der Waals surface area contributed by atoms with Crippen LogP contribution in [0, 0.1) is 20.8 Å². The average molecular weight is 285 g/mol. The van der Waals surface area contributed by atoms with E-state index in [0.717, 1.165) is 5.82 Å². The molecule has 2 rings (SSSR count). The highest BCUT2D eigenvalue weighted by atomic mass is 79.9. The van der Waals surface area contributed by atoms with Gasteiger partial charge in [-0.15, -0.1) is 0 Å². The van der Waals surface area contributed by atoms with E-state index in [1.54, 1.807) is 0 Å². The molecule has 2 heterocycles. The minimum atomic E-state index is 0. The lowest BCUT2D eigenvalue weighted by molar-refractivity contribution is -0.607. The standard InChI is InChI=1S/C11H13N2S.BrH/c1-8-9(2)14-10(3)13(8)11-6-4-5-7-12-11;/h4-7H,1-3H3;1H/q+1;/p-1. The summed E-state index contributed by atoms with van der Waals surface area (Å²) in [6, 6.07) is 5.99. The fourth-order valence-electron chi connectivity index (χ4n) is 1.55. The maximum atomic E-state index is 4.35. The highest BCUT2D eigenvalue weighted by Crippen LogP contribution is 2.15. The molecular weight excluding hydrogens is 272 g/mol. The van der Waals surface area contributed by atoms with Crippen LogP contribution in [0.1, 0.15) is 15.6 Å². The fourth-order valence-corrected chi connectivity index (χ4v) is 2.56. The van der Waals surface area contributed by atoms with E-state index < -0.39 is 0 Å². The first-order valence-corrected chi connectivity index (χ1v) is 5.42. The number of aryl methyl sites for hydroxylation is 2. The third-order valence-electron chi connectivity index (χ3n) is 2.34. The van der Waals surface area contributed by atoms with Crippen LogP contribution in [0.4, 0.5) is 0 Å². The Morgan fingerprint density at radius 2 is 1.93 bits per heavy atom.